The number of aliphatic carboxylic acids is 1. The maximum absolute atomic E-state index is 12.6. The average Bonchev–Trinajstić information content (AvgIpc) is 2.62. The first kappa shape index (κ1) is 19.6. The molecule has 0 radical (unpaired) electrons. The van der Waals surface area contributed by atoms with E-state index in [0.717, 1.165) is 5.56 Å². The molecule has 0 bridgehead atoms. The smallest absolute Gasteiger partial charge is 0.341 e. The molecular weight excluding hydrogens is 358 g/mol. The van der Waals surface area contributed by atoms with Crippen LogP contribution in [-0.2, 0) is 9.59 Å². The summed E-state index contributed by atoms with van der Waals surface area (Å²) >= 11 is 5.99. The van der Waals surface area contributed by atoms with Crippen LogP contribution in [0.3, 0.4) is 0 Å². The highest BCUT2D eigenvalue weighted by atomic mass is 35.5. The van der Waals surface area contributed by atoms with Crippen LogP contribution in [-0.4, -0.2) is 36.7 Å². The van der Waals surface area contributed by atoms with E-state index in [1.54, 1.807) is 56.4 Å². The van der Waals surface area contributed by atoms with Gasteiger partial charge in [-0.05, 0) is 61.9 Å². The van der Waals surface area contributed by atoms with Gasteiger partial charge in [-0.15, -0.1) is 0 Å². The van der Waals surface area contributed by atoms with Gasteiger partial charge in [0.2, 0.25) is 0 Å². The lowest BCUT2D eigenvalue weighted by molar-refractivity contribution is -0.139. The van der Waals surface area contributed by atoms with Gasteiger partial charge in [-0.2, -0.15) is 0 Å². The van der Waals surface area contributed by atoms with Gasteiger partial charge in [0.25, 0.3) is 5.91 Å². The minimum Gasteiger partial charge on any atom is -0.482 e. The van der Waals surface area contributed by atoms with E-state index in [2.05, 4.69) is 0 Å². The Balaban J connectivity index is 2.00. The summed E-state index contributed by atoms with van der Waals surface area (Å²) in [7, 11) is 1.64. The number of likely N-dealkylation sites (N-methyl/N-ethyl adjacent to an activating group) is 1. The Kier molecular flexibility index (Phi) is 6.46. The molecule has 0 saturated carbocycles. The molecule has 0 aromatic heterocycles. The number of halogens is 1. The minimum absolute atomic E-state index is 0.225. The minimum atomic E-state index is -1.05. The van der Waals surface area contributed by atoms with Crippen molar-refractivity contribution in [3.05, 3.63) is 53.1 Å². The molecule has 1 atom stereocenters. The van der Waals surface area contributed by atoms with Crippen LogP contribution in [0, 0.1) is 6.92 Å². The van der Waals surface area contributed by atoms with Crippen LogP contribution >= 0.6 is 11.6 Å². The summed E-state index contributed by atoms with van der Waals surface area (Å²) in [6.07, 6.45) is -0.691. The zero-order valence-corrected chi connectivity index (χ0v) is 15.5. The summed E-state index contributed by atoms with van der Waals surface area (Å²) in [6.45, 7) is 3.12. The number of aryl methyl sites for hydroxylation is 1. The zero-order chi connectivity index (χ0) is 19.3. The van der Waals surface area contributed by atoms with E-state index < -0.39 is 18.7 Å². The number of carboxylic acids is 1. The Morgan fingerprint density at radius 3 is 2.35 bits per heavy atom. The fraction of sp³-hybridized carbons (Fsp3) is 0.263. The van der Waals surface area contributed by atoms with E-state index in [-0.39, 0.29) is 5.91 Å². The Morgan fingerprint density at radius 2 is 1.77 bits per heavy atom. The molecule has 1 unspecified atom stereocenters. The van der Waals surface area contributed by atoms with Crippen molar-refractivity contribution in [1.29, 1.82) is 0 Å². The maximum Gasteiger partial charge on any atom is 0.341 e. The number of ether oxygens (including phenoxy) is 2. The molecule has 0 heterocycles. The normalized spacial score (nSPS) is 11.5. The number of amides is 1. The molecule has 0 spiro atoms. The number of benzene rings is 2. The van der Waals surface area contributed by atoms with Crippen molar-refractivity contribution in [3.8, 4) is 11.5 Å². The molecule has 138 valence electrons. The van der Waals surface area contributed by atoms with Gasteiger partial charge in [0.15, 0.2) is 12.7 Å². The molecule has 6 nitrogen and oxygen atoms in total. The van der Waals surface area contributed by atoms with E-state index >= 15 is 0 Å². The van der Waals surface area contributed by atoms with Crippen molar-refractivity contribution < 1.29 is 24.2 Å². The summed E-state index contributed by atoms with van der Waals surface area (Å²) in [5.74, 6) is -0.293. The predicted octanol–water partition coefficient (Wildman–Crippen LogP) is 3.54. The summed E-state index contributed by atoms with van der Waals surface area (Å²) < 4.78 is 10.8. The van der Waals surface area contributed by atoms with Crippen molar-refractivity contribution in [2.45, 2.75) is 20.0 Å². The van der Waals surface area contributed by atoms with E-state index in [1.165, 1.54) is 4.90 Å². The van der Waals surface area contributed by atoms with Crippen molar-refractivity contribution in [3.63, 3.8) is 0 Å². The second-order valence-electron chi connectivity index (χ2n) is 5.74. The number of carbonyl (C=O) groups excluding carboxylic acids is 1. The van der Waals surface area contributed by atoms with Gasteiger partial charge in [0.1, 0.15) is 11.5 Å². The van der Waals surface area contributed by atoms with Gasteiger partial charge in [-0.3, -0.25) is 4.79 Å². The van der Waals surface area contributed by atoms with Crippen LogP contribution in [0.2, 0.25) is 5.02 Å². The summed E-state index contributed by atoms with van der Waals surface area (Å²) in [5.41, 5.74) is 1.51. The van der Waals surface area contributed by atoms with Gasteiger partial charge < -0.3 is 19.5 Å². The summed E-state index contributed by atoms with van der Waals surface area (Å²) in [4.78, 5) is 24.5. The van der Waals surface area contributed by atoms with Gasteiger partial charge >= 0.3 is 5.97 Å². The van der Waals surface area contributed by atoms with Crippen LogP contribution in [0.5, 0.6) is 11.5 Å². The molecular formula is C19H20ClNO5. The second kappa shape index (κ2) is 8.58. The first-order chi connectivity index (χ1) is 12.3. The third-order valence-corrected chi connectivity index (χ3v) is 4.13. The zero-order valence-electron chi connectivity index (χ0n) is 14.7. The SMILES string of the molecule is Cc1cc(OC(C)C(=O)N(C)c2ccc(OCC(=O)O)cc2)ccc1Cl. The Morgan fingerprint density at radius 1 is 1.15 bits per heavy atom. The number of carbonyl (C=O) groups is 2. The summed E-state index contributed by atoms with van der Waals surface area (Å²) in [6, 6.07) is 11.8. The average molecular weight is 378 g/mol. The fourth-order valence-electron chi connectivity index (χ4n) is 2.26. The maximum atomic E-state index is 12.6. The highest BCUT2D eigenvalue weighted by Crippen LogP contribution is 2.23. The fourth-order valence-corrected chi connectivity index (χ4v) is 2.37. The Labute approximate surface area is 156 Å². The molecule has 0 aliphatic rings. The first-order valence-corrected chi connectivity index (χ1v) is 8.30. The third-order valence-electron chi connectivity index (χ3n) is 3.71. The lowest BCUT2D eigenvalue weighted by Crippen LogP contribution is -2.38. The molecule has 0 aliphatic heterocycles. The van der Waals surface area contributed by atoms with E-state index in [9.17, 15) is 9.59 Å². The van der Waals surface area contributed by atoms with Crippen LogP contribution in [0.1, 0.15) is 12.5 Å². The van der Waals surface area contributed by atoms with Crippen LogP contribution in [0.4, 0.5) is 5.69 Å². The predicted molar refractivity (Wildman–Crippen MR) is 99.3 cm³/mol. The molecule has 0 fully saturated rings. The number of carboxylic acid groups (broad SMARTS) is 1. The molecule has 2 rings (SSSR count). The Bertz CT molecular complexity index is 791. The number of hydrogen-bond donors (Lipinski definition) is 1. The van der Waals surface area contributed by atoms with Crippen LogP contribution in [0.15, 0.2) is 42.5 Å². The van der Waals surface area contributed by atoms with E-state index in [4.69, 9.17) is 26.2 Å². The van der Waals surface area contributed by atoms with Gasteiger partial charge in [0.05, 0.1) is 0 Å². The highest BCUT2D eigenvalue weighted by molar-refractivity contribution is 6.31. The Hall–Kier alpha value is -2.73. The lowest BCUT2D eigenvalue weighted by Gasteiger charge is -2.22. The molecule has 1 N–H and O–H groups in total. The molecule has 0 saturated heterocycles. The topological polar surface area (TPSA) is 76.1 Å². The summed E-state index contributed by atoms with van der Waals surface area (Å²) in [5, 5.41) is 9.24. The number of hydrogen-bond acceptors (Lipinski definition) is 4. The van der Waals surface area contributed by atoms with Gasteiger partial charge in [0, 0.05) is 17.8 Å². The molecule has 26 heavy (non-hydrogen) atoms. The van der Waals surface area contributed by atoms with Gasteiger partial charge in [-0.25, -0.2) is 4.79 Å². The van der Waals surface area contributed by atoms with E-state index in [1.807, 2.05) is 6.92 Å². The molecule has 1 amide bonds. The number of anilines is 1. The standard InChI is InChI=1S/C19H20ClNO5/c1-12-10-16(8-9-17(12)20)26-13(2)19(24)21(3)14-4-6-15(7-5-14)25-11-18(22)23/h4-10,13H,11H2,1-3H3,(H,22,23). The number of nitrogens with zero attached hydrogens (tertiary/aromatic N) is 1. The van der Waals surface area contributed by atoms with Crippen molar-refractivity contribution in [1.82, 2.24) is 0 Å². The highest BCUT2D eigenvalue weighted by Gasteiger charge is 2.20. The molecule has 0 aliphatic carbocycles. The monoisotopic (exact) mass is 377 g/mol. The molecule has 2 aromatic carbocycles. The third kappa shape index (κ3) is 5.13. The quantitative estimate of drug-likeness (QED) is 0.798. The van der Waals surface area contributed by atoms with Crippen LogP contribution < -0.4 is 14.4 Å². The van der Waals surface area contributed by atoms with Gasteiger partial charge in [-0.1, -0.05) is 11.6 Å². The second-order valence-corrected chi connectivity index (χ2v) is 6.15. The molecule has 2 aromatic rings. The largest absolute Gasteiger partial charge is 0.482 e. The van der Waals surface area contributed by atoms with Crippen LogP contribution in [0.25, 0.3) is 0 Å². The number of rotatable bonds is 7. The molecule has 7 heteroatoms. The lowest BCUT2D eigenvalue weighted by atomic mass is 10.2. The van der Waals surface area contributed by atoms with Crippen molar-refractivity contribution >= 4 is 29.2 Å². The van der Waals surface area contributed by atoms with Crippen molar-refractivity contribution in [2.24, 2.45) is 0 Å². The van der Waals surface area contributed by atoms with Crippen molar-refractivity contribution in [2.75, 3.05) is 18.6 Å². The van der Waals surface area contributed by atoms with E-state index in [0.29, 0.717) is 22.2 Å². The first-order valence-electron chi connectivity index (χ1n) is 7.93.